The van der Waals surface area contributed by atoms with Crippen LogP contribution < -0.4 is 20.1 Å². The molecule has 128 valence electrons. The molecular formula is C16H22F2N2O3. The van der Waals surface area contributed by atoms with Crippen molar-refractivity contribution in [3.05, 3.63) is 23.8 Å². The van der Waals surface area contributed by atoms with E-state index in [1.54, 1.807) is 12.1 Å². The molecule has 1 aliphatic rings. The van der Waals surface area contributed by atoms with Crippen molar-refractivity contribution in [2.45, 2.75) is 25.9 Å². The summed E-state index contributed by atoms with van der Waals surface area (Å²) >= 11 is 0. The van der Waals surface area contributed by atoms with Crippen LogP contribution in [0.25, 0.3) is 0 Å². The first kappa shape index (κ1) is 17.5. The highest BCUT2D eigenvalue weighted by molar-refractivity contribution is 5.78. The first-order valence-electron chi connectivity index (χ1n) is 7.70. The molecular weight excluding hydrogens is 306 g/mol. The molecule has 0 spiro atoms. The van der Waals surface area contributed by atoms with Crippen LogP contribution in [0.15, 0.2) is 18.2 Å². The van der Waals surface area contributed by atoms with Crippen molar-refractivity contribution in [3.63, 3.8) is 0 Å². The average molecular weight is 328 g/mol. The van der Waals surface area contributed by atoms with Crippen molar-refractivity contribution >= 4 is 5.91 Å². The minimum atomic E-state index is -2.90. The predicted molar refractivity (Wildman–Crippen MR) is 81.9 cm³/mol. The molecule has 1 aliphatic heterocycles. The largest absolute Gasteiger partial charge is 0.493 e. The van der Waals surface area contributed by atoms with Crippen LogP contribution in [-0.2, 0) is 11.2 Å². The van der Waals surface area contributed by atoms with Crippen molar-refractivity contribution < 1.29 is 23.0 Å². The number of hydrogen-bond acceptors (Lipinski definition) is 4. The Morgan fingerprint density at radius 2 is 2.26 bits per heavy atom. The molecule has 1 saturated heterocycles. The van der Waals surface area contributed by atoms with Gasteiger partial charge in [-0.3, -0.25) is 4.79 Å². The highest BCUT2D eigenvalue weighted by Crippen LogP contribution is 2.29. The topological polar surface area (TPSA) is 59.6 Å². The molecule has 1 unspecified atom stereocenters. The van der Waals surface area contributed by atoms with Gasteiger partial charge in [0.1, 0.15) is 0 Å². The summed E-state index contributed by atoms with van der Waals surface area (Å²) in [5.74, 6) is 0.307. The van der Waals surface area contributed by atoms with Gasteiger partial charge in [-0.25, -0.2) is 0 Å². The van der Waals surface area contributed by atoms with E-state index in [0.29, 0.717) is 19.5 Å². The molecule has 1 aromatic carbocycles. The van der Waals surface area contributed by atoms with E-state index >= 15 is 0 Å². The summed E-state index contributed by atoms with van der Waals surface area (Å²) in [6, 6.07) is 4.87. The number of benzene rings is 1. The third-order valence-electron chi connectivity index (χ3n) is 3.82. The van der Waals surface area contributed by atoms with Gasteiger partial charge in [0.15, 0.2) is 11.5 Å². The number of ether oxygens (including phenoxy) is 2. The lowest BCUT2D eigenvalue weighted by molar-refractivity contribution is -0.125. The first-order valence-corrected chi connectivity index (χ1v) is 7.70. The Bertz CT molecular complexity index is 520. The lowest BCUT2D eigenvalue weighted by Crippen LogP contribution is -2.41. The fraction of sp³-hybridized carbons (Fsp3) is 0.562. The summed E-state index contributed by atoms with van der Waals surface area (Å²) in [7, 11) is 1.39. The highest BCUT2D eigenvalue weighted by atomic mass is 19.3. The Kier molecular flexibility index (Phi) is 6.58. The quantitative estimate of drug-likeness (QED) is 0.803. The number of methoxy groups -OCH3 is 1. The molecule has 7 heteroatoms. The molecule has 23 heavy (non-hydrogen) atoms. The molecule has 5 nitrogen and oxygen atoms in total. The van der Waals surface area contributed by atoms with Gasteiger partial charge in [0.05, 0.1) is 13.0 Å². The van der Waals surface area contributed by atoms with Gasteiger partial charge in [-0.1, -0.05) is 6.07 Å². The Labute approximate surface area is 134 Å². The molecule has 1 aromatic rings. The van der Waals surface area contributed by atoms with Crippen LogP contribution >= 0.6 is 0 Å². The van der Waals surface area contributed by atoms with Gasteiger partial charge >= 0.3 is 6.61 Å². The summed E-state index contributed by atoms with van der Waals surface area (Å²) in [4.78, 5) is 12.0. The van der Waals surface area contributed by atoms with Crippen molar-refractivity contribution in [1.29, 1.82) is 0 Å². The molecule has 1 fully saturated rings. The minimum Gasteiger partial charge on any atom is -0.493 e. The molecule has 1 amide bonds. The lowest BCUT2D eigenvalue weighted by atomic mass is 9.99. The molecule has 0 aliphatic carbocycles. The van der Waals surface area contributed by atoms with Crippen molar-refractivity contribution in [2.24, 2.45) is 5.92 Å². The van der Waals surface area contributed by atoms with Gasteiger partial charge in [-0.15, -0.1) is 0 Å². The van der Waals surface area contributed by atoms with Crippen LogP contribution in [0.5, 0.6) is 11.5 Å². The first-order chi connectivity index (χ1) is 11.1. The highest BCUT2D eigenvalue weighted by Gasteiger charge is 2.20. The standard InChI is InChI=1S/C16H22F2N2O3/c1-22-13-5-4-11(9-14(13)23-16(17)18)6-8-20-15(21)12-3-2-7-19-10-12/h4-5,9,12,16,19H,2-3,6-8,10H2,1H3,(H,20,21). The van der Waals surface area contributed by atoms with E-state index in [9.17, 15) is 13.6 Å². The van der Waals surface area contributed by atoms with E-state index in [-0.39, 0.29) is 23.3 Å². The van der Waals surface area contributed by atoms with E-state index < -0.39 is 6.61 Å². The summed E-state index contributed by atoms with van der Waals surface area (Å²) in [5, 5.41) is 6.09. The van der Waals surface area contributed by atoms with Gasteiger partial charge < -0.3 is 20.1 Å². The van der Waals surface area contributed by atoms with Crippen LogP contribution in [0.3, 0.4) is 0 Å². The normalized spacial score (nSPS) is 17.8. The van der Waals surface area contributed by atoms with Crippen LogP contribution in [0.4, 0.5) is 8.78 Å². The number of carbonyl (C=O) groups excluding carboxylic acids is 1. The SMILES string of the molecule is COc1ccc(CCNC(=O)C2CCCNC2)cc1OC(F)F. The zero-order valence-corrected chi connectivity index (χ0v) is 13.1. The minimum absolute atomic E-state index is 0.00260. The fourth-order valence-electron chi connectivity index (χ4n) is 2.61. The van der Waals surface area contributed by atoms with Gasteiger partial charge in [-0.05, 0) is 43.5 Å². The molecule has 0 aromatic heterocycles. The van der Waals surface area contributed by atoms with Crippen LogP contribution in [0, 0.1) is 5.92 Å². The van der Waals surface area contributed by atoms with E-state index in [1.165, 1.54) is 13.2 Å². The Morgan fingerprint density at radius 1 is 1.43 bits per heavy atom. The van der Waals surface area contributed by atoms with Gasteiger partial charge in [0.25, 0.3) is 0 Å². The molecule has 2 rings (SSSR count). The van der Waals surface area contributed by atoms with Gasteiger partial charge in [0.2, 0.25) is 5.91 Å². The van der Waals surface area contributed by atoms with Gasteiger partial charge in [0, 0.05) is 13.1 Å². The number of alkyl halides is 2. The third kappa shape index (κ3) is 5.35. The van der Waals surface area contributed by atoms with E-state index in [2.05, 4.69) is 15.4 Å². The summed E-state index contributed by atoms with van der Waals surface area (Å²) < 4.78 is 34.2. The molecule has 1 heterocycles. The second-order valence-electron chi connectivity index (χ2n) is 5.45. The smallest absolute Gasteiger partial charge is 0.387 e. The van der Waals surface area contributed by atoms with E-state index in [4.69, 9.17) is 4.74 Å². The second kappa shape index (κ2) is 8.67. The lowest BCUT2D eigenvalue weighted by Gasteiger charge is -2.21. The van der Waals surface area contributed by atoms with Crippen LogP contribution in [0.1, 0.15) is 18.4 Å². The summed E-state index contributed by atoms with van der Waals surface area (Å²) in [6.45, 7) is -0.781. The van der Waals surface area contributed by atoms with Crippen molar-refractivity contribution in [1.82, 2.24) is 10.6 Å². The summed E-state index contributed by atoms with van der Waals surface area (Å²) in [5.41, 5.74) is 0.795. The zero-order chi connectivity index (χ0) is 16.7. The Morgan fingerprint density at radius 3 is 2.91 bits per heavy atom. The predicted octanol–water partition coefficient (Wildman–Crippen LogP) is 1.95. The van der Waals surface area contributed by atoms with Crippen LogP contribution in [-0.4, -0.2) is 39.3 Å². The maximum absolute atomic E-state index is 12.4. The Balaban J connectivity index is 1.86. The number of amides is 1. The van der Waals surface area contributed by atoms with Crippen molar-refractivity contribution in [2.75, 3.05) is 26.7 Å². The molecule has 2 N–H and O–H groups in total. The zero-order valence-electron chi connectivity index (χ0n) is 13.1. The van der Waals surface area contributed by atoms with E-state index in [1.807, 2.05) is 0 Å². The fourth-order valence-corrected chi connectivity index (χ4v) is 2.61. The number of halogens is 2. The van der Waals surface area contributed by atoms with E-state index in [0.717, 1.165) is 24.9 Å². The maximum Gasteiger partial charge on any atom is 0.387 e. The second-order valence-corrected chi connectivity index (χ2v) is 5.45. The monoisotopic (exact) mass is 328 g/mol. The number of nitrogens with one attached hydrogen (secondary N) is 2. The molecule has 1 atom stereocenters. The number of rotatable bonds is 7. The van der Waals surface area contributed by atoms with Crippen LogP contribution in [0.2, 0.25) is 0 Å². The number of hydrogen-bond donors (Lipinski definition) is 2. The van der Waals surface area contributed by atoms with Gasteiger partial charge in [-0.2, -0.15) is 8.78 Å². The average Bonchev–Trinajstić information content (AvgIpc) is 2.55. The Hall–Kier alpha value is -1.89. The molecule has 0 bridgehead atoms. The van der Waals surface area contributed by atoms with Crippen molar-refractivity contribution in [3.8, 4) is 11.5 Å². The number of piperidine rings is 1. The maximum atomic E-state index is 12.4. The number of carbonyl (C=O) groups is 1. The summed E-state index contributed by atoms with van der Waals surface area (Å²) in [6.07, 6.45) is 2.44. The molecule has 0 radical (unpaired) electrons. The molecule has 0 saturated carbocycles. The third-order valence-corrected chi connectivity index (χ3v) is 3.82.